The first-order valence-electron chi connectivity index (χ1n) is 8.03. The zero-order chi connectivity index (χ0) is 13.8. The molecule has 0 aromatic carbocycles. The molecular weight excluding hydrogens is 258 g/mol. The van der Waals surface area contributed by atoms with E-state index in [-0.39, 0.29) is 11.9 Å². The highest BCUT2D eigenvalue weighted by atomic mass is 16.7. The molecule has 116 valence electrons. The van der Waals surface area contributed by atoms with E-state index in [1.165, 1.54) is 0 Å². The Labute approximate surface area is 121 Å². The second-order valence-corrected chi connectivity index (χ2v) is 6.03. The monoisotopic (exact) mass is 285 g/mol. The van der Waals surface area contributed by atoms with Crippen molar-refractivity contribution in [2.45, 2.75) is 50.6 Å². The molecule has 3 aliphatic rings. The maximum absolute atomic E-state index is 6.06. The third-order valence-electron chi connectivity index (χ3n) is 4.70. The summed E-state index contributed by atoms with van der Waals surface area (Å²) < 4.78 is 23.3. The first-order chi connectivity index (χ1) is 9.80. The van der Waals surface area contributed by atoms with Crippen LogP contribution < -0.4 is 0 Å². The van der Waals surface area contributed by atoms with Gasteiger partial charge in [-0.25, -0.2) is 0 Å². The highest BCUT2D eigenvalue weighted by molar-refractivity contribution is 4.83. The van der Waals surface area contributed by atoms with Crippen molar-refractivity contribution in [1.82, 2.24) is 4.90 Å². The van der Waals surface area contributed by atoms with E-state index in [1.807, 2.05) is 0 Å². The molecule has 0 aromatic rings. The number of hydrogen-bond donors (Lipinski definition) is 0. The number of hydrogen-bond acceptors (Lipinski definition) is 5. The minimum absolute atomic E-state index is 0.235. The van der Waals surface area contributed by atoms with E-state index in [9.17, 15) is 0 Å². The summed E-state index contributed by atoms with van der Waals surface area (Å²) in [5.41, 5.74) is 0. The molecule has 5 heteroatoms. The van der Waals surface area contributed by atoms with Gasteiger partial charge < -0.3 is 18.9 Å². The van der Waals surface area contributed by atoms with Crippen molar-refractivity contribution >= 4 is 0 Å². The third kappa shape index (κ3) is 3.52. The van der Waals surface area contributed by atoms with Gasteiger partial charge in [0.1, 0.15) is 0 Å². The van der Waals surface area contributed by atoms with Crippen LogP contribution in [-0.2, 0) is 18.9 Å². The zero-order valence-electron chi connectivity index (χ0n) is 12.5. The van der Waals surface area contributed by atoms with E-state index < -0.39 is 0 Å². The van der Waals surface area contributed by atoms with Crippen molar-refractivity contribution in [2.24, 2.45) is 0 Å². The van der Waals surface area contributed by atoms with Gasteiger partial charge in [0, 0.05) is 25.9 Å². The largest absolute Gasteiger partial charge is 0.375 e. The molecular formula is C15H27NO4. The van der Waals surface area contributed by atoms with E-state index in [0.29, 0.717) is 6.10 Å². The average molecular weight is 285 g/mol. The highest BCUT2D eigenvalue weighted by Crippen LogP contribution is 2.36. The fourth-order valence-corrected chi connectivity index (χ4v) is 3.40. The molecule has 1 spiro atoms. The topological polar surface area (TPSA) is 40.2 Å². The second kappa shape index (κ2) is 6.71. The second-order valence-electron chi connectivity index (χ2n) is 6.03. The SMILES string of the molecule is CCN1CCOC(COC2CCC3(CC2)OCCO3)C1. The Bertz CT molecular complexity index is 296. The lowest BCUT2D eigenvalue weighted by Crippen LogP contribution is -2.45. The van der Waals surface area contributed by atoms with Crippen LogP contribution >= 0.6 is 0 Å². The zero-order valence-corrected chi connectivity index (χ0v) is 12.5. The summed E-state index contributed by atoms with van der Waals surface area (Å²) in [6.07, 6.45) is 4.57. The van der Waals surface area contributed by atoms with Gasteiger partial charge in [0.2, 0.25) is 0 Å². The molecule has 5 nitrogen and oxygen atoms in total. The Morgan fingerprint density at radius 1 is 1.15 bits per heavy atom. The Hall–Kier alpha value is -0.200. The van der Waals surface area contributed by atoms with Gasteiger partial charge in [-0.1, -0.05) is 6.92 Å². The van der Waals surface area contributed by atoms with Crippen molar-refractivity contribution < 1.29 is 18.9 Å². The van der Waals surface area contributed by atoms with Gasteiger partial charge in [-0.15, -0.1) is 0 Å². The molecule has 3 fully saturated rings. The summed E-state index contributed by atoms with van der Waals surface area (Å²) >= 11 is 0. The lowest BCUT2D eigenvalue weighted by molar-refractivity contribution is -0.195. The average Bonchev–Trinajstić information content (AvgIpc) is 2.95. The molecule has 0 bridgehead atoms. The fraction of sp³-hybridized carbons (Fsp3) is 1.00. The van der Waals surface area contributed by atoms with Gasteiger partial charge in [-0.3, -0.25) is 4.90 Å². The Morgan fingerprint density at radius 2 is 1.90 bits per heavy atom. The molecule has 2 saturated heterocycles. The van der Waals surface area contributed by atoms with Crippen molar-refractivity contribution in [1.29, 1.82) is 0 Å². The molecule has 20 heavy (non-hydrogen) atoms. The standard InChI is InChI=1S/C15H27NO4/c1-2-16-7-8-17-14(11-16)12-18-13-3-5-15(6-4-13)19-9-10-20-15/h13-14H,2-12H2,1H3. The normalized spacial score (nSPS) is 31.9. The number of ether oxygens (including phenoxy) is 4. The van der Waals surface area contributed by atoms with Crippen LogP contribution in [0.1, 0.15) is 32.6 Å². The van der Waals surface area contributed by atoms with Crippen LogP contribution in [0, 0.1) is 0 Å². The first-order valence-corrected chi connectivity index (χ1v) is 8.03. The minimum Gasteiger partial charge on any atom is -0.375 e. The number of morpholine rings is 1. The molecule has 2 heterocycles. The van der Waals surface area contributed by atoms with Crippen LogP contribution in [0.5, 0.6) is 0 Å². The minimum atomic E-state index is -0.278. The van der Waals surface area contributed by atoms with Crippen molar-refractivity contribution in [3.05, 3.63) is 0 Å². The summed E-state index contributed by atoms with van der Waals surface area (Å²) in [6.45, 7) is 8.38. The van der Waals surface area contributed by atoms with Crippen LogP contribution in [-0.4, -0.2) is 69.0 Å². The van der Waals surface area contributed by atoms with Gasteiger partial charge in [0.05, 0.1) is 38.6 Å². The quantitative estimate of drug-likeness (QED) is 0.781. The lowest BCUT2D eigenvalue weighted by atomic mass is 9.92. The molecule has 1 unspecified atom stereocenters. The fourth-order valence-electron chi connectivity index (χ4n) is 3.40. The van der Waals surface area contributed by atoms with Crippen molar-refractivity contribution in [2.75, 3.05) is 46.1 Å². The Morgan fingerprint density at radius 3 is 2.60 bits per heavy atom. The van der Waals surface area contributed by atoms with E-state index in [0.717, 1.165) is 71.7 Å². The third-order valence-corrected chi connectivity index (χ3v) is 4.70. The molecule has 1 atom stereocenters. The van der Waals surface area contributed by atoms with E-state index in [1.54, 1.807) is 0 Å². The number of likely N-dealkylation sites (N-methyl/N-ethyl adjacent to an activating group) is 1. The maximum Gasteiger partial charge on any atom is 0.168 e. The molecule has 1 aliphatic carbocycles. The van der Waals surface area contributed by atoms with Gasteiger partial charge in [0.25, 0.3) is 0 Å². The number of nitrogens with zero attached hydrogens (tertiary/aromatic N) is 1. The van der Waals surface area contributed by atoms with Gasteiger partial charge in [-0.2, -0.15) is 0 Å². The van der Waals surface area contributed by atoms with Crippen LogP contribution in [0.15, 0.2) is 0 Å². The number of rotatable bonds is 4. The van der Waals surface area contributed by atoms with Crippen LogP contribution in [0.25, 0.3) is 0 Å². The van der Waals surface area contributed by atoms with E-state index in [4.69, 9.17) is 18.9 Å². The van der Waals surface area contributed by atoms with Gasteiger partial charge in [-0.05, 0) is 19.4 Å². The predicted molar refractivity (Wildman–Crippen MR) is 74.7 cm³/mol. The Balaban J connectivity index is 1.37. The maximum atomic E-state index is 6.06. The summed E-state index contributed by atoms with van der Waals surface area (Å²) in [7, 11) is 0. The van der Waals surface area contributed by atoms with Crippen molar-refractivity contribution in [3.8, 4) is 0 Å². The lowest BCUT2D eigenvalue weighted by Gasteiger charge is -2.37. The summed E-state index contributed by atoms with van der Waals surface area (Å²) in [5.74, 6) is -0.278. The van der Waals surface area contributed by atoms with Crippen LogP contribution in [0.4, 0.5) is 0 Å². The highest BCUT2D eigenvalue weighted by Gasteiger charge is 2.40. The van der Waals surface area contributed by atoms with E-state index in [2.05, 4.69) is 11.8 Å². The summed E-state index contributed by atoms with van der Waals surface area (Å²) in [6, 6.07) is 0. The van der Waals surface area contributed by atoms with Gasteiger partial charge in [0.15, 0.2) is 5.79 Å². The van der Waals surface area contributed by atoms with Crippen LogP contribution in [0.3, 0.4) is 0 Å². The van der Waals surface area contributed by atoms with Gasteiger partial charge >= 0.3 is 0 Å². The molecule has 0 aromatic heterocycles. The van der Waals surface area contributed by atoms with E-state index >= 15 is 0 Å². The Kier molecular flexibility index (Phi) is 4.94. The molecule has 3 rings (SSSR count). The summed E-state index contributed by atoms with van der Waals surface area (Å²) in [4.78, 5) is 2.42. The molecule has 0 N–H and O–H groups in total. The molecule has 2 aliphatic heterocycles. The first kappa shape index (κ1) is 14.7. The molecule has 0 amide bonds. The molecule has 1 saturated carbocycles. The summed E-state index contributed by atoms with van der Waals surface area (Å²) in [5, 5.41) is 0. The van der Waals surface area contributed by atoms with Crippen molar-refractivity contribution in [3.63, 3.8) is 0 Å². The smallest absolute Gasteiger partial charge is 0.168 e. The van der Waals surface area contributed by atoms with Crippen LogP contribution in [0.2, 0.25) is 0 Å². The predicted octanol–water partition coefficient (Wildman–Crippen LogP) is 1.41. The molecule has 0 radical (unpaired) electrons.